The monoisotopic (exact) mass is 619 g/mol. The summed E-state index contributed by atoms with van der Waals surface area (Å²) >= 11 is 0. The van der Waals surface area contributed by atoms with Gasteiger partial charge in [0.15, 0.2) is 17.5 Å². The molecule has 0 amide bonds. The molecule has 1 aliphatic rings. The zero-order valence-corrected chi connectivity index (χ0v) is 27.8. The summed E-state index contributed by atoms with van der Waals surface area (Å²) < 4.78 is 0. The summed E-state index contributed by atoms with van der Waals surface area (Å²) in [6, 6.07) is 53.4. The average molecular weight is 620 g/mol. The van der Waals surface area contributed by atoms with Crippen LogP contribution in [0.3, 0.4) is 0 Å². The highest BCUT2D eigenvalue weighted by atomic mass is 15.0. The maximum atomic E-state index is 4.94. The summed E-state index contributed by atoms with van der Waals surface area (Å²) in [5.41, 5.74) is 13.1. The largest absolute Gasteiger partial charge is 0.208 e. The van der Waals surface area contributed by atoms with Gasteiger partial charge in [-0.2, -0.15) is 0 Å². The van der Waals surface area contributed by atoms with Gasteiger partial charge < -0.3 is 0 Å². The van der Waals surface area contributed by atoms with Crippen LogP contribution < -0.4 is 0 Å². The minimum atomic E-state index is -0.101. The van der Waals surface area contributed by atoms with Crippen LogP contribution in [0.2, 0.25) is 0 Å². The summed E-state index contributed by atoms with van der Waals surface area (Å²) in [7, 11) is 0. The highest BCUT2D eigenvalue weighted by molar-refractivity contribution is 5.91. The first kappa shape index (κ1) is 29.7. The molecule has 232 valence electrons. The van der Waals surface area contributed by atoms with Crippen molar-refractivity contribution >= 4 is 0 Å². The van der Waals surface area contributed by atoms with E-state index >= 15 is 0 Å². The Kier molecular flexibility index (Phi) is 7.14. The van der Waals surface area contributed by atoms with E-state index in [4.69, 9.17) is 15.0 Å². The van der Waals surface area contributed by atoms with Gasteiger partial charge in [-0.3, -0.25) is 0 Å². The Morgan fingerprint density at radius 2 is 0.708 bits per heavy atom. The molecule has 7 aromatic rings. The Bertz CT molecular complexity index is 2210. The van der Waals surface area contributed by atoms with Crippen LogP contribution in [0, 0.1) is 0 Å². The Morgan fingerprint density at radius 3 is 1.27 bits per heavy atom. The molecule has 0 bridgehead atoms. The van der Waals surface area contributed by atoms with Crippen LogP contribution in [0.5, 0.6) is 0 Å². The molecule has 0 unspecified atom stereocenters. The van der Waals surface area contributed by atoms with Crippen molar-refractivity contribution in [3.8, 4) is 67.5 Å². The van der Waals surface area contributed by atoms with Gasteiger partial charge in [0.2, 0.25) is 0 Å². The molecule has 1 heterocycles. The SMILES string of the molecule is CC1(C)c2ccccc2-c2cccc(-c3ccccc3-c3ccc(-c4nc(-c5ccccc5)nc(-c5ccccc5)n4)cc3)c2C1(C)C. The number of nitrogens with zero attached hydrogens (tertiary/aromatic N) is 3. The van der Waals surface area contributed by atoms with Gasteiger partial charge in [-0.15, -0.1) is 0 Å². The van der Waals surface area contributed by atoms with E-state index < -0.39 is 0 Å². The Balaban J connectivity index is 1.24. The van der Waals surface area contributed by atoms with E-state index in [2.05, 4.69) is 119 Å². The molecule has 0 N–H and O–H groups in total. The minimum Gasteiger partial charge on any atom is -0.208 e. The molecule has 0 fully saturated rings. The summed E-state index contributed by atoms with van der Waals surface area (Å²) in [6.45, 7) is 9.60. The molecule has 0 atom stereocenters. The minimum absolute atomic E-state index is 0.0506. The average Bonchev–Trinajstić information content (AvgIpc) is 3.14. The van der Waals surface area contributed by atoms with Crippen molar-refractivity contribution < 1.29 is 0 Å². The van der Waals surface area contributed by atoms with Gasteiger partial charge in [0.25, 0.3) is 0 Å². The fourth-order valence-electron chi connectivity index (χ4n) is 7.29. The molecular formula is C45H37N3. The molecule has 48 heavy (non-hydrogen) atoms. The highest BCUT2D eigenvalue weighted by Crippen LogP contribution is 2.56. The topological polar surface area (TPSA) is 38.7 Å². The molecule has 0 saturated carbocycles. The van der Waals surface area contributed by atoms with E-state index in [0.717, 1.165) is 22.3 Å². The first-order chi connectivity index (χ1) is 23.3. The lowest BCUT2D eigenvalue weighted by molar-refractivity contribution is 0.300. The standard InChI is InChI=1S/C45H37N3/c1-44(2)39-25-14-13-22-36(39)38-24-15-23-37(40(38)45(44,3)4)35-21-12-11-20-34(35)30-26-28-33(29-27-30)43-47-41(31-16-7-5-8-17-31)46-42(48-43)32-18-9-6-10-19-32/h5-29H,1-4H3. The number of aromatic nitrogens is 3. The molecule has 3 heteroatoms. The fourth-order valence-corrected chi connectivity index (χ4v) is 7.29. The van der Waals surface area contributed by atoms with Gasteiger partial charge in [0, 0.05) is 22.1 Å². The van der Waals surface area contributed by atoms with Crippen LogP contribution in [-0.2, 0) is 10.8 Å². The fraction of sp³-hybridized carbons (Fsp3) is 0.133. The van der Waals surface area contributed by atoms with E-state index in [-0.39, 0.29) is 10.8 Å². The van der Waals surface area contributed by atoms with E-state index in [9.17, 15) is 0 Å². The molecule has 8 rings (SSSR count). The van der Waals surface area contributed by atoms with Gasteiger partial charge in [0.1, 0.15) is 0 Å². The van der Waals surface area contributed by atoms with Crippen LogP contribution >= 0.6 is 0 Å². The van der Waals surface area contributed by atoms with Gasteiger partial charge in [-0.25, -0.2) is 15.0 Å². The van der Waals surface area contributed by atoms with E-state index in [1.807, 2.05) is 60.7 Å². The highest BCUT2D eigenvalue weighted by Gasteiger charge is 2.47. The molecule has 0 radical (unpaired) electrons. The molecule has 3 nitrogen and oxygen atoms in total. The second kappa shape index (κ2) is 11.5. The number of rotatable bonds is 5. The zero-order valence-electron chi connectivity index (χ0n) is 27.8. The van der Waals surface area contributed by atoms with Crippen LogP contribution in [0.4, 0.5) is 0 Å². The first-order valence-electron chi connectivity index (χ1n) is 16.6. The van der Waals surface area contributed by atoms with Crippen molar-refractivity contribution in [1.29, 1.82) is 0 Å². The van der Waals surface area contributed by atoms with Crippen molar-refractivity contribution in [3.63, 3.8) is 0 Å². The van der Waals surface area contributed by atoms with E-state index in [1.165, 1.54) is 38.9 Å². The van der Waals surface area contributed by atoms with Crippen LogP contribution in [0.25, 0.3) is 67.5 Å². The lowest BCUT2D eigenvalue weighted by Gasteiger charge is -2.49. The zero-order chi connectivity index (χ0) is 32.9. The van der Waals surface area contributed by atoms with Crippen molar-refractivity contribution in [2.75, 3.05) is 0 Å². The summed E-state index contributed by atoms with van der Waals surface area (Å²) in [6.07, 6.45) is 0. The summed E-state index contributed by atoms with van der Waals surface area (Å²) in [5, 5.41) is 0. The Hall–Kier alpha value is -5.67. The van der Waals surface area contributed by atoms with Gasteiger partial charge in [-0.05, 0) is 49.9 Å². The van der Waals surface area contributed by atoms with Crippen LogP contribution in [-0.4, -0.2) is 15.0 Å². The number of fused-ring (bicyclic) bond motifs is 3. The van der Waals surface area contributed by atoms with Gasteiger partial charge in [0.05, 0.1) is 0 Å². The van der Waals surface area contributed by atoms with Gasteiger partial charge >= 0.3 is 0 Å². The third-order valence-corrected chi connectivity index (χ3v) is 10.5. The van der Waals surface area contributed by atoms with Crippen LogP contribution in [0.15, 0.2) is 152 Å². The number of benzene rings is 6. The predicted octanol–water partition coefficient (Wildman–Crippen LogP) is 11.4. The second-order valence-corrected chi connectivity index (χ2v) is 13.7. The predicted molar refractivity (Wildman–Crippen MR) is 198 cm³/mol. The van der Waals surface area contributed by atoms with Crippen LogP contribution in [0.1, 0.15) is 38.8 Å². The summed E-state index contributed by atoms with van der Waals surface area (Å²) in [5.74, 6) is 1.98. The molecule has 0 saturated heterocycles. The van der Waals surface area contributed by atoms with Gasteiger partial charge in [-0.1, -0.05) is 179 Å². The van der Waals surface area contributed by atoms with Crippen molar-refractivity contribution in [3.05, 3.63) is 163 Å². The maximum Gasteiger partial charge on any atom is 0.164 e. The van der Waals surface area contributed by atoms with Crippen molar-refractivity contribution in [2.24, 2.45) is 0 Å². The quantitative estimate of drug-likeness (QED) is 0.192. The molecular weight excluding hydrogens is 583 g/mol. The molecule has 0 aliphatic heterocycles. The lowest BCUT2D eigenvalue weighted by atomic mass is 9.54. The van der Waals surface area contributed by atoms with E-state index in [1.54, 1.807) is 0 Å². The first-order valence-corrected chi connectivity index (χ1v) is 16.6. The normalized spacial score (nSPS) is 14.2. The molecule has 0 spiro atoms. The van der Waals surface area contributed by atoms with E-state index in [0.29, 0.717) is 17.5 Å². The van der Waals surface area contributed by atoms with Crippen molar-refractivity contribution in [1.82, 2.24) is 15.0 Å². The molecule has 6 aromatic carbocycles. The Morgan fingerprint density at radius 1 is 0.312 bits per heavy atom. The summed E-state index contributed by atoms with van der Waals surface area (Å²) in [4.78, 5) is 14.7. The third kappa shape index (κ3) is 4.86. The third-order valence-electron chi connectivity index (χ3n) is 10.5. The van der Waals surface area contributed by atoms with Crippen molar-refractivity contribution in [2.45, 2.75) is 38.5 Å². The number of hydrogen-bond donors (Lipinski definition) is 0. The smallest absolute Gasteiger partial charge is 0.164 e. The lowest BCUT2D eigenvalue weighted by Crippen LogP contribution is -2.43. The molecule has 1 aliphatic carbocycles. The second-order valence-electron chi connectivity index (χ2n) is 13.7. The maximum absolute atomic E-state index is 4.94. The Labute approximate surface area is 283 Å². The number of hydrogen-bond acceptors (Lipinski definition) is 3. The molecule has 1 aromatic heterocycles.